The minimum Gasteiger partial charge on any atom is -0.356 e. The molecule has 2 N–H and O–H groups in total. The molecule has 14 heteroatoms. The summed E-state index contributed by atoms with van der Waals surface area (Å²) in [6, 6.07) is 0. The Morgan fingerprint density at radius 1 is 0.857 bits per heavy atom. The van der Waals surface area contributed by atoms with E-state index in [2.05, 4.69) is 0 Å². The zero-order valence-electron chi connectivity index (χ0n) is 5.78. The summed E-state index contributed by atoms with van der Waals surface area (Å²) in [6.45, 7) is 0. The van der Waals surface area contributed by atoms with Crippen LogP contribution in [0.2, 0.25) is 0 Å². The first-order valence-electron chi connectivity index (χ1n) is 1.79. The molecule has 88 valence electrons. The molecule has 0 fully saturated rings. The summed E-state index contributed by atoms with van der Waals surface area (Å²) < 4.78 is 31.6. The van der Waals surface area contributed by atoms with Crippen LogP contribution in [0.25, 0.3) is 0 Å². The molecule has 0 aromatic heterocycles. The normalized spacial score (nSPS) is 7.57. The van der Waals surface area contributed by atoms with Crippen molar-refractivity contribution in [2.75, 3.05) is 0 Å². The van der Waals surface area contributed by atoms with E-state index in [0.29, 0.717) is 0 Å². The fraction of sp³-hybridized carbons (Fsp3) is 0. The summed E-state index contributed by atoms with van der Waals surface area (Å²) in [5.74, 6) is 0. The van der Waals surface area contributed by atoms with Gasteiger partial charge >= 0.3 is 31.5 Å². The summed E-state index contributed by atoms with van der Waals surface area (Å²) in [4.78, 5) is 16.5. The van der Waals surface area contributed by atoms with E-state index in [9.17, 15) is 0 Å². The van der Waals surface area contributed by atoms with Gasteiger partial charge in [0.25, 0.3) is 0 Å². The van der Waals surface area contributed by atoms with E-state index in [-0.39, 0.29) is 21.1 Å². The van der Waals surface area contributed by atoms with Crippen LogP contribution in [0.4, 0.5) is 0 Å². The Bertz CT molecular complexity index is 213. The van der Waals surface area contributed by atoms with E-state index in [1.54, 1.807) is 0 Å². The first-order chi connectivity index (χ1) is 5.46. The first-order valence-corrected chi connectivity index (χ1v) is 3.19. The molecule has 0 aliphatic rings. The Balaban J connectivity index is -0.0000000522. The van der Waals surface area contributed by atoms with Crippen molar-refractivity contribution in [1.29, 1.82) is 0 Å². The molecule has 0 bridgehead atoms. The SMILES string of the molecule is O=S(=O)(O)O.O=[N+]([O-])[O-].O=[N+]([O-])[O-].[Pt+2]. The molecule has 0 saturated carbocycles. The van der Waals surface area contributed by atoms with Crippen LogP contribution in [0.5, 0.6) is 0 Å². The van der Waals surface area contributed by atoms with E-state index in [4.69, 9.17) is 48.2 Å². The van der Waals surface area contributed by atoms with Gasteiger partial charge in [0.1, 0.15) is 0 Å². The van der Waals surface area contributed by atoms with Gasteiger partial charge < -0.3 is 30.6 Å². The van der Waals surface area contributed by atoms with E-state index < -0.39 is 20.6 Å². The average Bonchev–Trinajstić information content (AvgIpc) is 1.50. The van der Waals surface area contributed by atoms with Crippen molar-refractivity contribution in [1.82, 2.24) is 0 Å². The van der Waals surface area contributed by atoms with Crippen molar-refractivity contribution < 1.29 is 48.8 Å². The quantitative estimate of drug-likeness (QED) is 0.275. The van der Waals surface area contributed by atoms with Gasteiger partial charge in [-0.2, -0.15) is 8.42 Å². The molecule has 12 nitrogen and oxygen atoms in total. The third kappa shape index (κ3) is 1000. The van der Waals surface area contributed by atoms with Gasteiger partial charge in [0.15, 0.2) is 0 Å². The maximum Gasteiger partial charge on any atom is 2.00 e. The standard InChI is InChI=1S/2NO3.H2O4S.Pt/c2*2-1(3)4;1-5(2,3)4;/h;;(H2,1,2,3,4);/q2*-1;;+2. The number of hydrogen-bond acceptors (Lipinski definition) is 8. The minimum atomic E-state index is -4.67. The van der Waals surface area contributed by atoms with E-state index in [1.165, 1.54) is 0 Å². The van der Waals surface area contributed by atoms with Gasteiger partial charge in [0.2, 0.25) is 0 Å². The first kappa shape index (κ1) is 23.1. The molecule has 0 unspecified atom stereocenters. The van der Waals surface area contributed by atoms with Crippen LogP contribution in [-0.4, -0.2) is 27.7 Å². The van der Waals surface area contributed by atoms with Crippen molar-refractivity contribution in [3.63, 3.8) is 0 Å². The Labute approximate surface area is 90.2 Å². The molecule has 0 spiro atoms. The molecule has 0 aromatic rings. The second-order valence-corrected chi connectivity index (χ2v) is 1.79. The van der Waals surface area contributed by atoms with Gasteiger partial charge in [-0.25, -0.2) is 0 Å². The molecule has 0 aliphatic heterocycles. The second-order valence-electron chi connectivity index (χ2n) is 0.895. The van der Waals surface area contributed by atoms with Crippen molar-refractivity contribution in [3.05, 3.63) is 30.6 Å². The number of rotatable bonds is 0. The molecule has 0 amide bonds. The fourth-order valence-corrected chi connectivity index (χ4v) is 0. The van der Waals surface area contributed by atoms with Crippen LogP contribution < -0.4 is 0 Å². The molecule has 0 atom stereocenters. The average molecular weight is 417 g/mol. The summed E-state index contributed by atoms with van der Waals surface area (Å²) in [5, 5.41) is 29.5. The van der Waals surface area contributed by atoms with Crippen LogP contribution >= 0.6 is 0 Å². The minimum absolute atomic E-state index is 0. The van der Waals surface area contributed by atoms with Gasteiger partial charge in [-0.3, -0.25) is 9.11 Å². The van der Waals surface area contributed by atoms with E-state index >= 15 is 0 Å². The molecule has 0 radical (unpaired) electrons. The summed E-state index contributed by atoms with van der Waals surface area (Å²) in [5.41, 5.74) is 0. The zero-order chi connectivity index (χ0) is 11.7. The van der Waals surface area contributed by atoms with Crippen molar-refractivity contribution in [2.45, 2.75) is 0 Å². The second kappa shape index (κ2) is 12.0. The van der Waals surface area contributed by atoms with Crippen molar-refractivity contribution in [2.24, 2.45) is 0 Å². The molecular formula is H2N2O10PtS. The molecule has 0 rings (SSSR count). The van der Waals surface area contributed by atoms with E-state index in [0.717, 1.165) is 0 Å². The molecule has 0 saturated heterocycles. The molecular weight excluding hydrogens is 415 g/mol. The van der Waals surface area contributed by atoms with Gasteiger partial charge in [0.05, 0.1) is 10.2 Å². The smallest absolute Gasteiger partial charge is 0.356 e. The molecule has 0 aliphatic carbocycles. The topological polar surface area (TPSA) is 207 Å². The fourth-order valence-electron chi connectivity index (χ4n) is 0. The largest absolute Gasteiger partial charge is 2.00 e. The predicted molar refractivity (Wildman–Crippen MR) is 34.9 cm³/mol. The van der Waals surface area contributed by atoms with Crippen LogP contribution in [0.3, 0.4) is 0 Å². The summed E-state index contributed by atoms with van der Waals surface area (Å²) >= 11 is 0. The van der Waals surface area contributed by atoms with Crippen LogP contribution in [-0.2, 0) is 31.5 Å². The van der Waals surface area contributed by atoms with Gasteiger partial charge in [-0.05, 0) is 0 Å². The third-order valence-corrected chi connectivity index (χ3v) is 0. The van der Waals surface area contributed by atoms with Crippen molar-refractivity contribution >= 4 is 10.4 Å². The Hall–Kier alpha value is -1.04. The molecule has 0 heterocycles. The summed E-state index contributed by atoms with van der Waals surface area (Å²) in [7, 11) is -4.67. The summed E-state index contributed by atoms with van der Waals surface area (Å²) in [6.07, 6.45) is 0. The number of nitrogens with zero attached hydrogens (tertiary/aromatic N) is 2. The van der Waals surface area contributed by atoms with Gasteiger partial charge in [0, 0.05) is 0 Å². The maximum absolute atomic E-state index is 8.74. The molecule has 14 heavy (non-hydrogen) atoms. The third-order valence-electron chi connectivity index (χ3n) is 0. The Kier molecular flexibility index (Phi) is 19.7. The van der Waals surface area contributed by atoms with E-state index in [1.807, 2.05) is 0 Å². The van der Waals surface area contributed by atoms with Crippen LogP contribution in [0, 0.1) is 30.6 Å². The monoisotopic (exact) mass is 417 g/mol. The van der Waals surface area contributed by atoms with Gasteiger partial charge in [-0.15, -0.1) is 0 Å². The predicted octanol–water partition coefficient (Wildman–Crippen LogP) is -1.13. The Morgan fingerprint density at radius 2 is 0.857 bits per heavy atom. The maximum atomic E-state index is 8.74. The Morgan fingerprint density at radius 3 is 0.857 bits per heavy atom. The van der Waals surface area contributed by atoms with Crippen LogP contribution in [0.15, 0.2) is 0 Å². The van der Waals surface area contributed by atoms with Crippen LogP contribution in [0.1, 0.15) is 0 Å². The number of hydrogen-bond donors (Lipinski definition) is 2. The van der Waals surface area contributed by atoms with Crippen molar-refractivity contribution in [3.8, 4) is 0 Å². The molecule has 0 aromatic carbocycles. The van der Waals surface area contributed by atoms with Gasteiger partial charge in [-0.1, -0.05) is 0 Å². The zero-order valence-corrected chi connectivity index (χ0v) is 8.87.